The highest BCUT2D eigenvalue weighted by Crippen LogP contribution is 2.27. The molecule has 17 heavy (non-hydrogen) atoms. The second-order valence-electron chi connectivity index (χ2n) is 4.21. The molecule has 92 valence electrons. The standard InChI is InChI=1S/C12H15ClN2O2/c1-15(9-3-4-9)12(16)7-17-11-6-8(13)2-5-10(11)14/h2,5-6,9H,3-4,7,14H2,1H3. The van der Waals surface area contributed by atoms with Crippen LogP contribution in [0.25, 0.3) is 0 Å². The number of nitrogens with zero attached hydrogens (tertiary/aromatic N) is 1. The first-order valence-electron chi connectivity index (χ1n) is 5.51. The molecule has 1 fully saturated rings. The summed E-state index contributed by atoms with van der Waals surface area (Å²) in [6, 6.07) is 5.35. The summed E-state index contributed by atoms with van der Waals surface area (Å²) < 4.78 is 5.38. The topological polar surface area (TPSA) is 55.6 Å². The minimum atomic E-state index is -0.0353. The highest BCUT2D eigenvalue weighted by molar-refractivity contribution is 6.30. The van der Waals surface area contributed by atoms with Gasteiger partial charge in [0.15, 0.2) is 6.61 Å². The SMILES string of the molecule is CN(C(=O)COc1cc(Cl)ccc1N)C1CC1. The fourth-order valence-corrected chi connectivity index (χ4v) is 1.70. The molecule has 0 spiro atoms. The number of nitrogens with two attached hydrogens (primary N) is 1. The molecule has 1 amide bonds. The summed E-state index contributed by atoms with van der Waals surface area (Å²) in [5, 5.41) is 0.539. The summed E-state index contributed by atoms with van der Waals surface area (Å²) in [6.45, 7) is -0.00244. The van der Waals surface area contributed by atoms with Crippen molar-refractivity contribution in [2.45, 2.75) is 18.9 Å². The summed E-state index contributed by atoms with van der Waals surface area (Å²) >= 11 is 5.82. The van der Waals surface area contributed by atoms with Crippen molar-refractivity contribution < 1.29 is 9.53 Å². The molecule has 4 nitrogen and oxygen atoms in total. The molecule has 0 radical (unpaired) electrons. The molecule has 1 aliphatic rings. The first-order chi connectivity index (χ1) is 8.08. The van der Waals surface area contributed by atoms with Crippen LogP contribution in [-0.2, 0) is 4.79 Å². The van der Waals surface area contributed by atoms with Gasteiger partial charge in [0.05, 0.1) is 5.69 Å². The van der Waals surface area contributed by atoms with Crippen LogP contribution < -0.4 is 10.5 Å². The smallest absolute Gasteiger partial charge is 0.260 e. The second kappa shape index (κ2) is 4.84. The molecule has 0 atom stereocenters. The van der Waals surface area contributed by atoms with Gasteiger partial charge in [0, 0.05) is 24.2 Å². The Morgan fingerprint density at radius 2 is 2.29 bits per heavy atom. The molecule has 0 unspecified atom stereocenters. The third-order valence-corrected chi connectivity index (χ3v) is 3.05. The van der Waals surface area contributed by atoms with Crippen LogP contribution in [0.2, 0.25) is 5.02 Å². The molecule has 1 aliphatic carbocycles. The Labute approximate surface area is 105 Å². The lowest BCUT2D eigenvalue weighted by Crippen LogP contribution is -2.33. The maximum absolute atomic E-state index is 11.7. The Balaban J connectivity index is 1.92. The van der Waals surface area contributed by atoms with Gasteiger partial charge in [-0.1, -0.05) is 11.6 Å². The van der Waals surface area contributed by atoms with Crippen LogP contribution in [0.4, 0.5) is 5.69 Å². The van der Waals surface area contributed by atoms with Crippen molar-refractivity contribution >= 4 is 23.2 Å². The number of carbonyl (C=O) groups is 1. The van der Waals surface area contributed by atoms with E-state index in [9.17, 15) is 4.79 Å². The lowest BCUT2D eigenvalue weighted by atomic mass is 10.3. The number of nitrogen functional groups attached to an aromatic ring is 1. The molecular weight excluding hydrogens is 240 g/mol. The van der Waals surface area contributed by atoms with Crippen molar-refractivity contribution in [2.24, 2.45) is 0 Å². The third kappa shape index (κ3) is 3.03. The largest absolute Gasteiger partial charge is 0.482 e. The van der Waals surface area contributed by atoms with E-state index in [1.54, 1.807) is 30.1 Å². The van der Waals surface area contributed by atoms with Crippen molar-refractivity contribution in [3.8, 4) is 5.75 Å². The number of ether oxygens (including phenoxy) is 1. The minimum absolute atomic E-state index is 0.00244. The lowest BCUT2D eigenvalue weighted by molar-refractivity contribution is -0.132. The Bertz CT molecular complexity index is 433. The molecule has 0 saturated heterocycles. The average molecular weight is 255 g/mol. The molecule has 0 bridgehead atoms. The van der Waals surface area contributed by atoms with E-state index in [-0.39, 0.29) is 12.5 Å². The first kappa shape index (κ1) is 12.0. The van der Waals surface area contributed by atoms with Gasteiger partial charge in [-0.25, -0.2) is 0 Å². The van der Waals surface area contributed by atoms with Crippen molar-refractivity contribution in [3.63, 3.8) is 0 Å². The quantitative estimate of drug-likeness (QED) is 0.836. The van der Waals surface area contributed by atoms with Gasteiger partial charge in [-0.05, 0) is 25.0 Å². The molecule has 2 N–H and O–H groups in total. The zero-order chi connectivity index (χ0) is 12.4. The number of hydrogen-bond acceptors (Lipinski definition) is 3. The first-order valence-corrected chi connectivity index (χ1v) is 5.89. The summed E-state index contributed by atoms with van der Waals surface area (Å²) in [5.41, 5.74) is 6.20. The van der Waals surface area contributed by atoms with Crippen LogP contribution in [0, 0.1) is 0 Å². The van der Waals surface area contributed by atoms with Crippen LogP contribution in [0.1, 0.15) is 12.8 Å². The van der Waals surface area contributed by atoms with Gasteiger partial charge < -0.3 is 15.4 Å². The molecule has 1 aromatic rings. The van der Waals surface area contributed by atoms with Crippen LogP contribution in [-0.4, -0.2) is 30.5 Å². The van der Waals surface area contributed by atoms with Crippen LogP contribution in [0.5, 0.6) is 5.75 Å². The number of amides is 1. The molecule has 1 aromatic carbocycles. The second-order valence-corrected chi connectivity index (χ2v) is 4.64. The zero-order valence-corrected chi connectivity index (χ0v) is 10.4. The number of likely N-dealkylation sites (N-methyl/N-ethyl adjacent to an activating group) is 1. The lowest BCUT2D eigenvalue weighted by Gasteiger charge is -2.17. The predicted octanol–water partition coefficient (Wildman–Crippen LogP) is 1.92. The van der Waals surface area contributed by atoms with E-state index in [2.05, 4.69) is 0 Å². The number of benzene rings is 1. The molecule has 0 aliphatic heterocycles. The van der Waals surface area contributed by atoms with Gasteiger partial charge in [-0.2, -0.15) is 0 Å². The highest BCUT2D eigenvalue weighted by atomic mass is 35.5. The number of anilines is 1. The van der Waals surface area contributed by atoms with Crippen LogP contribution >= 0.6 is 11.6 Å². The van der Waals surface area contributed by atoms with Gasteiger partial charge >= 0.3 is 0 Å². The van der Waals surface area contributed by atoms with Crippen molar-refractivity contribution in [3.05, 3.63) is 23.2 Å². The molecule has 1 saturated carbocycles. The van der Waals surface area contributed by atoms with Crippen molar-refractivity contribution in [2.75, 3.05) is 19.4 Å². The zero-order valence-electron chi connectivity index (χ0n) is 9.65. The van der Waals surface area contributed by atoms with E-state index in [1.165, 1.54) is 0 Å². The fourth-order valence-electron chi connectivity index (χ4n) is 1.54. The Kier molecular flexibility index (Phi) is 3.43. The summed E-state index contributed by atoms with van der Waals surface area (Å²) in [4.78, 5) is 13.4. The van der Waals surface area contributed by atoms with Gasteiger partial charge in [0.2, 0.25) is 0 Å². The Hall–Kier alpha value is -1.42. The van der Waals surface area contributed by atoms with E-state index < -0.39 is 0 Å². The van der Waals surface area contributed by atoms with E-state index in [4.69, 9.17) is 22.1 Å². The molecule has 2 rings (SSSR count). The number of halogens is 1. The van der Waals surface area contributed by atoms with Crippen LogP contribution in [0.3, 0.4) is 0 Å². The van der Waals surface area contributed by atoms with Gasteiger partial charge in [0.25, 0.3) is 5.91 Å². The van der Waals surface area contributed by atoms with Gasteiger partial charge in [-0.15, -0.1) is 0 Å². The maximum atomic E-state index is 11.7. The monoisotopic (exact) mass is 254 g/mol. The summed E-state index contributed by atoms with van der Waals surface area (Å²) in [7, 11) is 1.80. The van der Waals surface area contributed by atoms with Gasteiger partial charge in [0.1, 0.15) is 5.75 Å². The van der Waals surface area contributed by atoms with E-state index in [0.717, 1.165) is 12.8 Å². The maximum Gasteiger partial charge on any atom is 0.260 e. The Morgan fingerprint density at radius 1 is 1.59 bits per heavy atom. The number of hydrogen-bond donors (Lipinski definition) is 1. The molecule has 0 heterocycles. The van der Waals surface area contributed by atoms with E-state index in [0.29, 0.717) is 22.5 Å². The van der Waals surface area contributed by atoms with E-state index in [1.807, 2.05) is 0 Å². The fraction of sp³-hybridized carbons (Fsp3) is 0.417. The minimum Gasteiger partial charge on any atom is -0.482 e. The van der Waals surface area contributed by atoms with Crippen molar-refractivity contribution in [1.29, 1.82) is 0 Å². The molecule has 5 heteroatoms. The number of carbonyl (C=O) groups excluding carboxylic acids is 1. The van der Waals surface area contributed by atoms with Crippen molar-refractivity contribution in [1.82, 2.24) is 4.90 Å². The summed E-state index contributed by atoms with van der Waals surface area (Å²) in [6.07, 6.45) is 2.17. The average Bonchev–Trinajstić information content (AvgIpc) is 3.13. The van der Waals surface area contributed by atoms with E-state index >= 15 is 0 Å². The predicted molar refractivity (Wildman–Crippen MR) is 67.2 cm³/mol. The highest BCUT2D eigenvalue weighted by Gasteiger charge is 2.29. The Morgan fingerprint density at radius 3 is 2.94 bits per heavy atom. The molecule has 0 aromatic heterocycles. The van der Waals surface area contributed by atoms with Crippen LogP contribution in [0.15, 0.2) is 18.2 Å². The molecular formula is C12H15ClN2O2. The van der Waals surface area contributed by atoms with Gasteiger partial charge in [-0.3, -0.25) is 4.79 Å². The third-order valence-electron chi connectivity index (χ3n) is 2.81. The normalized spacial score (nSPS) is 14.5. The summed E-state index contributed by atoms with van der Waals surface area (Å²) in [5.74, 6) is 0.418. The number of rotatable bonds is 4.